The molecule has 1 saturated heterocycles. The van der Waals surface area contributed by atoms with E-state index in [9.17, 15) is 27.5 Å². The third kappa shape index (κ3) is 6.09. The number of fused-ring (bicyclic) bond motifs is 1. The van der Waals surface area contributed by atoms with Gasteiger partial charge in [0.05, 0.1) is 0 Å². The molecule has 38 heavy (non-hydrogen) atoms. The second kappa shape index (κ2) is 11.0. The molecule has 1 saturated carbocycles. The molecule has 205 valence electrons. The molecule has 2 heterocycles. The zero-order valence-electron chi connectivity index (χ0n) is 21.0. The summed E-state index contributed by atoms with van der Waals surface area (Å²) in [6.07, 6.45) is -1.11. The summed E-state index contributed by atoms with van der Waals surface area (Å²) in [6.45, 7) is 4.03. The van der Waals surface area contributed by atoms with Gasteiger partial charge in [-0.3, -0.25) is 0 Å². The van der Waals surface area contributed by atoms with E-state index in [4.69, 9.17) is 0 Å². The summed E-state index contributed by atoms with van der Waals surface area (Å²) in [5.41, 5.74) is 2.01. The molecule has 1 aromatic carbocycles. The minimum atomic E-state index is -4.99. The van der Waals surface area contributed by atoms with Crippen molar-refractivity contribution in [2.45, 2.75) is 60.9 Å². The van der Waals surface area contributed by atoms with Crippen LogP contribution in [0.5, 0.6) is 5.75 Å². The number of nitrogens with zero attached hydrogens (tertiary/aromatic N) is 4. The molecule has 12 heteroatoms. The van der Waals surface area contributed by atoms with Gasteiger partial charge >= 0.3 is 225 Å². The van der Waals surface area contributed by atoms with Crippen LogP contribution >= 0.6 is 0 Å². The van der Waals surface area contributed by atoms with Gasteiger partial charge in [-0.15, -0.1) is 0 Å². The van der Waals surface area contributed by atoms with E-state index in [1.807, 2.05) is 6.92 Å². The predicted molar refractivity (Wildman–Crippen MR) is 133 cm³/mol. The fraction of sp³-hybridized carbons (Fsp3) is 0.577. The molecule has 1 aromatic heterocycles. The number of hydrogen-bond donors (Lipinski definition) is 1. The summed E-state index contributed by atoms with van der Waals surface area (Å²) in [6, 6.07) is 3.34. The molecule has 3 aliphatic rings. The Morgan fingerprint density at radius 1 is 1.21 bits per heavy atom. The third-order valence-electron chi connectivity index (χ3n) is 7.45. The summed E-state index contributed by atoms with van der Waals surface area (Å²) >= 11 is -0.145. The molecule has 3 atom stereocenters. The van der Waals surface area contributed by atoms with Crippen LogP contribution in [-0.4, -0.2) is 74.2 Å². The molecule has 2 aromatic rings. The van der Waals surface area contributed by atoms with Gasteiger partial charge in [0.2, 0.25) is 0 Å². The molecule has 7 nitrogen and oxygen atoms in total. The summed E-state index contributed by atoms with van der Waals surface area (Å²) in [7, 11) is 0. The zero-order valence-corrected chi connectivity index (χ0v) is 22.9. The first kappa shape index (κ1) is 27.2. The van der Waals surface area contributed by atoms with Crippen LogP contribution in [0.1, 0.15) is 60.9 Å². The Hall–Kier alpha value is -2.39. The average Bonchev–Trinajstić information content (AvgIpc) is 3.66. The molecular formula is C26H30AsF4N4O3. The van der Waals surface area contributed by atoms with Gasteiger partial charge in [0.25, 0.3) is 0 Å². The van der Waals surface area contributed by atoms with Gasteiger partial charge in [0.1, 0.15) is 0 Å². The van der Waals surface area contributed by atoms with Crippen molar-refractivity contribution in [2.75, 3.05) is 31.1 Å². The number of carbonyl (C=O) groups excluding carboxylic acids is 1. The monoisotopic (exact) mass is 597 g/mol. The molecule has 1 radical (unpaired) electrons. The fourth-order valence-corrected chi connectivity index (χ4v) is 8.42. The van der Waals surface area contributed by atoms with Crippen molar-refractivity contribution < 1.29 is 32.2 Å². The van der Waals surface area contributed by atoms with Gasteiger partial charge in [-0.1, -0.05) is 0 Å². The SMILES string of the molecule is C[C@@H]1C[C@@H](O)c2ncnc(N3CCN(C(=O)[C@@H](C[As]CC4CC4)c4ccc(OC(F)(F)F)c(F)c4)CC3)c21. The summed E-state index contributed by atoms with van der Waals surface area (Å²) < 4.78 is 56.1. The number of aliphatic hydroxyl groups excluding tert-OH is 1. The van der Waals surface area contributed by atoms with Crippen LogP contribution < -0.4 is 9.64 Å². The Labute approximate surface area is 225 Å². The average molecular weight is 597 g/mol. The third-order valence-corrected chi connectivity index (χ3v) is 10.4. The number of alkyl halides is 3. The van der Waals surface area contributed by atoms with E-state index in [-0.39, 0.29) is 27.6 Å². The number of hydrogen-bond acceptors (Lipinski definition) is 6. The zero-order chi connectivity index (χ0) is 27.0. The van der Waals surface area contributed by atoms with Crippen molar-refractivity contribution in [1.29, 1.82) is 0 Å². The first-order valence-electron chi connectivity index (χ1n) is 12.9. The summed E-state index contributed by atoms with van der Waals surface area (Å²) in [4.78, 5) is 26.3. The van der Waals surface area contributed by atoms with Gasteiger partial charge in [0, 0.05) is 0 Å². The number of aliphatic hydroxyl groups is 1. The number of rotatable bonds is 8. The number of amides is 1. The Morgan fingerprint density at radius 2 is 1.95 bits per heavy atom. The van der Waals surface area contributed by atoms with E-state index in [0.717, 1.165) is 28.7 Å². The van der Waals surface area contributed by atoms with Crippen molar-refractivity contribution in [3.05, 3.63) is 47.2 Å². The van der Waals surface area contributed by atoms with Crippen LogP contribution in [0.15, 0.2) is 24.5 Å². The Kier molecular flexibility index (Phi) is 7.87. The standard InChI is InChI=1S/C26H30AsF4N4O3/c1-15-10-20(36)23-22(15)24(33-14-32-23)34-6-8-35(9-7-34)25(37)18(13-27-12-16-2-3-16)17-4-5-21(19(28)11-17)38-26(29,30)31/h4-5,11,14-16,18,20,36H,2-3,6-10,12-13H2,1H3/t15-,18+,20-/m1/s1. The first-order chi connectivity index (χ1) is 18.1. The molecule has 2 fully saturated rings. The van der Waals surface area contributed by atoms with Crippen molar-refractivity contribution in [1.82, 2.24) is 14.9 Å². The Balaban J connectivity index is 1.29. The number of aromatic nitrogens is 2. The molecule has 2 aliphatic carbocycles. The quantitative estimate of drug-likeness (QED) is 0.359. The topological polar surface area (TPSA) is 78.8 Å². The first-order valence-corrected chi connectivity index (χ1v) is 15.5. The van der Waals surface area contributed by atoms with Gasteiger partial charge in [-0.2, -0.15) is 0 Å². The number of ether oxygens (including phenoxy) is 1. The van der Waals surface area contributed by atoms with Gasteiger partial charge in [0.15, 0.2) is 0 Å². The van der Waals surface area contributed by atoms with Crippen LogP contribution in [-0.2, 0) is 4.79 Å². The second-order valence-corrected chi connectivity index (χ2v) is 12.8. The van der Waals surface area contributed by atoms with Crippen LogP contribution in [0.2, 0.25) is 10.4 Å². The number of benzene rings is 1. The molecule has 1 amide bonds. The maximum absolute atomic E-state index is 14.5. The van der Waals surface area contributed by atoms with Gasteiger partial charge in [-0.25, -0.2) is 0 Å². The van der Waals surface area contributed by atoms with Crippen molar-refractivity contribution in [3.63, 3.8) is 0 Å². The van der Waals surface area contributed by atoms with Crippen LogP contribution in [0.3, 0.4) is 0 Å². The molecule has 0 spiro atoms. The van der Waals surface area contributed by atoms with E-state index in [0.29, 0.717) is 55.0 Å². The van der Waals surface area contributed by atoms with E-state index in [1.54, 1.807) is 4.90 Å². The number of halogens is 4. The van der Waals surface area contributed by atoms with Crippen LogP contribution in [0.25, 0.3) is 0 Å². The summed E-state index contributed by atoms with van der Waals surface area (Å²) in [5, 5.41) is 12.0. The maximum atomic E-state index is 14.5. The van der Waals surface area contributed by atoms with Crippen molar-refractivity contribution in [3.8, 4) is 5.75 Å². The number of carbonyl (C=O) groups is 1. The van der Waals surface area contributed by atoms with E-state index in [1.165, 1.54) is 25.2 Å². The number of piperazine rings is 1. The second-order valence-electron chi connectivity index (χ2n) is 10.3. The Bertz CT molecular complexity index is 1170. The molecule has 1 N–H and O–H groups in total. The molecule has 0 bridgehead atoms. The Morgan fingerprint density at radius 3 is 2.61 bits per heavy atom. The van der Waals surface area contributed by atoms with E-state index < -0.39 is 30.0 Å². The van der Waals surface area contributed by atoms with Crippen LogP contribution in [0, 0.1) is 11.7 Å². The number of anilines is 1. The molecular weight excluding hydrogens is 567 g/mol. The van der Waals surface area contributed by atoms with Crippen molar-refractivity contribution >= 4 is 27.5 Å². The fourth-order valence-electron chi connectivity index (χ4n) is 5.27. The van der Waals surface area contributed by atoms with Crippen molar-refractivity contribution in [2.24, 2.45) is 5.92 Å². The van der Waals surface area contributed by atoms with E-state index in [2.05, 4.69) is 19.6 Å². The summed E-state index contributed by atoms with van der Waals surface area (Å²) in [5.74, 6) is -1.12. The van der Waals surface area contributed by atoms with Gasteiger partial charge < -0.3 is 0 Å². The molecule has 1 aliphatic heterocycles. The predicted octanol–water partition coefficient (Wildman–Crippen LogP) is 4.44. The van der Waals surface area contributed by atoms with Gasteiger partial charge in [-0.05, 0) is 0 Å². The molecule has 0 unspecified atom stereocenters. The normalized spacial score (nSPS) is 22.7. The molecule has 5 rings (SSSR count). The minimum absolute atomic E-state index is 0.128. The van der Waals surface area contributed by atoms with Crippen LogP contribution in [0.4, 0.5) is 23.4 Å². The van der Waals surface area contributed by atoms with E-state index >= 15 is 0 Å².